The molecule has 0 atom stereocenters. The molecule has 4 nitrogen and oxygen atoms in total. The van der Waals surface area contributed by atoms with Crippen LogP contribution in [0.4, 0.5) is 0 Å². The number of carboxylic acid groups (broad SMARTS) is 1. The number of carbonyl (C=O) groups is 2. The summed E-state index contributed by atoms with van der Waals surface area (Å²) in [6, 6.07) is 0. The van der Waals surface area contributed by atoms with Crippen LogP contribution >= 0.6 is 11.8 Å². The number of nitrogens with one attached hydrogen (secondary N) is 1. The summed E-state index contributed by atoms with van der Waals surface area (Å²) in [5.41, 5.74) is 0. The lowest BCUT2D eigenvalue weighted by Gasteiger charge is -2.20. The predicted molar refractivity (Wildman–Crippen MR) is 59.9 cm³/mol. The Labute approximate surface area is 93.8 Å². The maximum atomic E-state index is 11.6. The Morgan fingerprint density at radius 1 is 1.33 bits per heavy atom. The van der Waals surface area contributed by atoms with E-state index in [2.05, 4.69) is 5.32 Å². The molecule has 0 unspecified atom stereocenters. The minimum Gasteiger partial charge on any atom is -0.481 e. The fourth-order valence-corrected chi connectivity index (χ4v) is 2.66. The molecule has 1 amide bonds. The van der Waals surface area contributed by atoms with Crippen LogP contribution in [0.3, 0.4) is 0 Å². The van der Waals surface area contributed by atoms with E-state index in [9.17, 15) is 9.59 Å². The van der Waals surface area contributed by atoms with Gasteiger partial charge in [-0.15, -0.1) is 0 Å². The quantitative estimate of drug-likeness (QED) is 0.696. The molecular formula is C10H17NO3S. The van der Waals surface area contributed by atoms with Crippen LogP contribution < -0.4 is 5.32 Å². The van der Waals surface area contributed by atoms with Gasteiger partial charge in [-0.05, 0) is 30.8 Å². The molecule has 0 spiro atoms. The van der Waals surface area contributed by atoms with Crippen LogP contribution in [0.5, 0.6) is 0 Å². The number of carbonyl (C=O) groups excluding carboxylic acids is 1. The molecule has 2 N–H and O–H groups in total. The number of hydrogen-bond acceptors (Lipinski definition) is 3. The maximum absolute atomic E-state index is 11.6. The van der Waals surface area contributed by atoms with Gasteiger partial charge in [0.25, 0.3) is 0 Å². The van der Waals surface area contributed by atoms with Crippen LogP contribution in [0.15, 0.2) is 0 Å². The fourth-order valence-electron chi connectivity index (χ4n) is 1.56. The Bertz CT molecular complexity index is 227. The fraction of sp³-hybridized carbons (Fsp3) is 0.800. The second-order valence-electron chi connectivity index (χ2n) is 3.67. The lowest BCUT2D eigenvalue weighted by atomic mass is 10.0. The lowest BCUT2D eigenvalue weighted by molar-refractivity contribution is -0.137. The highest BCUT2D eigenvalue weighted by molar-refractivity contribution is 7.99. The van der Waals surface area contributed by atoms with Gasteiger partial charge in [-0.25, -0.2) is 0 Å². The Balaban J connectivity index is 2.09. The van der Waals surface area contributed by atoms with Gasteiger partial charge in [-0.3, -0.25) is 9.59 Å². The first-order valence-electron chi connectivity index (χ1n) is 5.27. The summed E-state index contributed by atoms with van der Waals surface area (Å²) in [5.74, 6) is 1.57. The molecular weight excluding hydrogens is 214 g/mol. The van der Waals surface area contributed by atoms with Crippen molar-refractivity contribution in [3.63, 3.8) is 0 Å². The number of aliphatic carboxylic acids is 1. The topological polar surface area (TPSA) is 66.4 Å². The number of hydrogen-bond donors (Lipinski definition) is 2. The number of thioether (sulfide) groups is 1. The van der Waals surface area contributed by atoms with Crippen LogP contribution in [0.25, 0.3) is 0 Å². The highest BCUT2D eigenvalue weighted by Gasteiger charge is 2.20. The zero-order valence-electron chi connectivity index (χ0n) is 8.70. The van der Waals surface area contributed by atoms with Crippen LogP contribution in [0.1, 0.15) is 25.7 Å². The molecule has 1 heterocycles. The molecule has 1 saturated heterocycles. The van der Waals surface area contributed by atoms with E-state index in [0.717, 1.165) is 24.3 Å². The summed E-state index contributed by atoms with van der Waals surface area (Å²) in [6.07, 6.45) is 2.55. The van der Waals surface area contributed by atoms with Gasteiger partial charge in [-0.2, -0.15) is 11.8 Å². The third-order valence-corrected chi connectivity index (χ3v) is 3.51. The van der Waals surface area contributed by atoms with Crippen molar-refractivity contribution in [3.05, 3.63) is 0 Å². The summed E-state index contributed by atoms with van der Waals surface area (Å²) in [4.78, 5) is 21.8. The smallest absolute Gasteiger partial charge is 0.303 e. The average molecular weight is 231 g/mol. The monoisotopic (exact) mass is 231 g/mol. The van der Waals surface area contributed by atoms with Crippen molar-refractivity contribution < 1.29 is 14.7 Å². The van der Waals surface area contributed by atoms with Crippen LogP contribution in [-0.4, -0.2) is 35.0 Å². The zero-order chi connectivity index (χ0) is 11.1. The third kappa shape index (κ3) is 5.06. The molecule has 86 valence electrons. The van der Waals surface area contributed by atoms with Crippen molar-refractivity contribution in [3.8, 4) is 0 Å². The molecule has 15 heavy (non-hydrogen) atoms. The minimum atomic E-state index is -0.807. The van der Waals surface area contributed by atoms with Crippen molar-refractivity contribution in [1.82, 2.24) is 5.32 Å². The number of rotatable bonds is 5. The molecule has 0 aliphatic carbocycles. The second-order valence-corrected chi connectivity index (χ2v) is 4.90. The Hall–Kier alpha value is -0.710. The molecule has 0 radical (unpaired) electrons. The molecule has 1 rings (SSSR count). The Kier molecular flexibility index (Phi) is 5.53. The summed E-state index contributed by atoms with van der Waals surface area (Å²) >= 11 is 1.89. The van der Waals surface area contributed by atoms with E-state index in [4.69, 9.17) is 5.11 Å². The Morgan fingerprint density at radius 2 is 2.00 bits per heavy atom. The standard InChI is InChI=1S/C10H17NO3S/c12-9(13)2-1-5-11-10(14)8-3-6-15-7-4-8/h8H,1-7H2,(H,11,14)(H,12,13). The van der Waals surface area contributed by atoms with Crippen LogP contribution in [0, 0.1) is 5.92 Å². The van der Waals surface area contributed by atoms with E-state index in [1.165, 1.54) is 0 Å². The highest BCUT2D eigenvalue weighted by Crippen LogP contribution is 2.22. The van der Waals surface area contributed by atoms with Gasteiger partial charge < -0.3 is 10.4 Å². The number of amides is 1. The molecule has 0 aromatic carbocycles. The normalized spacial score (nSPS) is 17.3. The van der Waals surface area contributed by atoms with E-state index < -0.39 is 5.97 Å². The highest BCUT2D eigenvalue weighted by atomic mass is 32.2. The van der Waals surface area contributed by atoms with Crippen molar-refractivity contribution in [2.45, 2.75) is 25.7 Å². The van der Waals surface area contributed by atoms with E-state index in [1.807, 2.05) is 11.8 Å². The number of carboxylic acids is 1. The van der Waals surface area contributed by atoms with Crippen molar-refractivity contribution in [2.24, 2.45) is 5.92 Å². The molecule has 0 aromatic heterocycles. The second kappa shape index (κ2) is 6.71. The zero-order valence-corrected chi connectivity index (χ0v) is 9.52. The molecule has 0 aromatic rings. The molecule has 0 saturated carbocycles. The largest absolute Gasteiger partial charge is 0.481 e. The predicted octanol–water partition coefficient (Wildman–Crippen LogP) is 1.11. The van der Waals surface area contributed by atoms with Crippen molar-refractivity contribution in [2.75, 3.05) is 18.1 Å². The first-order valence-corrected chi connectivity index (χ1v) is 6.43. The Morgan fingerprint density at radius 3 is 2.60 bits per heavy atom. The third-order valence-electron chi connectivity index (χ3n) is 2.46. The molecule has 5 heteroatoms. The lowest BCUT2D eigenvalue weighted by Crippen LogP contribution is -2.33. The minimum absolute atomic E-state index is 0.0979. The van der Waals surface area contributed by atoms with E-state index in [0.29, 0.717) is 13.0 Å². The molecule has 1 aliphatic rings. The van der Waals surface area contributed by atoms with Gasteiger partial charge in [0.2, 0.25) is 5.91 Å². The van der Waals surface area contributed by atoms with Crippen LogP contribution in [0.2, 0.25) is 0 Å². The maximum Gasteiger partial charge on any atom is 0.303 e. The molecule has 1 fully saturated rings. The average Bonchev–Trinajstić information content (AvgIpc) is 2.25. The van der Waals surface area contributed by atoms with Crippen LogP contribution in [-0.2, 0) is 9.59 Å². The van der Waals surface area contributed by atoms with Crippen molar-refractivity contribution >= 4 is 23.6 Å². The van der Waals surface area contributed by atoms with E-state index in [1.54, 1.807) is 0 Å². The van der Waals surface area contributed by atoms with Gasteiger partial charge in [0, 0.05) is 18.9 Å². The van der Waals surface area contributed by atoms with Crippen molar-refractivity contribution in [1.29, 1.82) is 0 Å². The first-order chi connectivity index (χ1) is 7.20. The molecule has 0 bridgehead atoms. The summed E-state index contributed by atoms with van der Waals surface area (Å²) in [5, 5.41) is 11.2. The molecule has 1 aliphatic heterocycles. The summed E-state index contributed by atoms with van der Waals surface area (Å²) in [6.45, 7) is 0.481. The van der Waals surface area contributed by atoms with E-state index in [-0.39, 0.29) is 18.2 Å². The van der Waals surface area contributed by atoms with Gasteiger partial charge in [-0.1, -0.05) is 0 Å². The van der Waals surface area contributed by atoms with Gasteiger partial charge >= 0.3 is 5.97 Å². The SMILES string of the molecule is O=C(O)CCCNC(=O)C1CCSCC1. The van der Waals surface area contributed by atoms with Gasteiger partial charge in [0.05, 0.1) is 0 Å². The first kappa shape index (κ1) is 12.4. The summed E-state index contributed by atoms with van der Waals surface area (Å²) < 4.78 is 0. The van der Waals surface area contributed by atoms with E-state index >= 15 is 0 Å². The summed E-state index contributed by atoms with van der Waals surface area (Å²) in [7, 11) is 0. The van der Waals surface area contributed by atoms with Gasteiger partial charge in [0.1, 0.15) is 0 Å². The van der Waals surface area contributed by atoms with Gasteiger partial charge in [0.15, 0.2) is 0 Å².